The number of esters is 1. The molecule has 0 radical (unpaired) electrons. The van der Waals surface area contributed by atoms with Gasteiger partial charge in [-0.25, -0.2) is 9.47 Å². The maximum Gasteiger partial charge on any atom is 0.339 e. The molecule has 6 heteroatoms. The quantitative estimate of drug-likeness (QED) is 0.847. The molecule has 0 saturated heterocycles. The van der Waals surface area contributed by atoms with Crippen molar-refractivity contribution in [3.05, 3.63) is 34.2 Å². The summed E-state index contributed by atoms with van der Waals surface area (Å²) in [6.45, 7) is 0. The number of rotatable bonds is 3. The summed E-state index contributed by atoms with van der Waals surface area (Å²) in [5.41, 5.74) is 2.46. The fourth-order valence-corrected chi connectivity index (χ4v) is 3.39. The van der Waals surface area contributed by atoms with Crippen LogP contribution < -0.4 is 11.0 Å². The van der Waals surface area contributed by atoms with E-state index in [1.54, 1.807) is 0 Å². The van der Waals surface area contributed by atoms with E-state index in [1.165, 1.54) is 38.3 Å². The van der Waals surface area contributed by atoms with Gasteiger partial charge in [-0.3, -0.25) is 15.0 Å². The van der Waals surface area contributed by atoms with E-state index in [9.17, 15) is 14.4 Å². The third-order valence-electron chi connectivity index (χ3n) is 4.52. The van der Waals surface area contributed by atoms with E-state index >= 15 is 0 Å². The van der Waals surface area contributed by atoms with Crippen molar-refractivity contribution in [2.45, 2.75) is 25.7 Å². The number of amides is 1. The second-order valence-corrected chi connectivity index (χ2v) is 5.73. The minimum Gasteiger partial charge on any atom is -0.465 e. The van der Waals surface area contributed by atoms with E-state index in [2.05, 4.69) is 10.2 Å². The number of carbonyl (C=O) groups excluding carboxylic acids is 2. The van der Waals surface area contributed by atoms with Crippen molar-refractivity contribution in [2.75, 3.05) is 12.5 Å². The Morgan fingerprint density at radius 3 is 2.52 bits per heavy atom. The second-order valence-electron chi connectivity index (χ2n) is 5.73. The van der Waals surface area contributed by atoms with Gasteiger partial charge in [0, 0.05) is 18.2 Å². The lowest BCUT2D eigenvalue weighted by Crippen LogP contribution is -2.34. The maximum atomic E-state index is 12.3. The van der Waals surface area contributed by atoms with Crippen LogP contribution in [-0.2, 0) is 9.53 Å². The minimum absolute atomic E-state index is 0.0150. The zero-order valence-corrected chi connectivity index (χ0v) is 11.9. The molecule has 0 aliphatic heterocycles. The Kier molecular flexibility index (Phi) is 3.53. The highest BCUT2D eigenvalue weighted by molar-refractivity contribution is 5.90. The Labute approximate surface area is 122 Å². The smallest absolute Gasteiger partial charge is 0.339 e. The fraction of sp³-hybridized carbons (Fsp3) is 0.533. The van der Waals surface area contributed by atoms with Crippen LogP contribution in [0.3, 0.4) is 0 Å². The summed E-state index contributed by atoms with van der Waals surface area (Å²) in [6.07, 6.45) is 5.86. The van der Waals surface area contributed by atoms with Gasteiger partial charge in [-0.2, -0.15) is 0 Å². The summed E-state index contributed by atoms with van der Waals surface area (Å²) >= 11 is 0. The Balaban J connectivity index is 1.74. The van der Waals surface area contributed by atoms with Gasteiger partial charge in [-0.1, -0.05) is 12.8 Å². The summed E-state index contributed by atoms with van der Waals surface area (Å²) < 4.78 is 5.67. The topological polar surface area (TPSA) is 77.4 Å². The van der Waals surface area contributed by atoms with Crippen LogP contribution in [0.2, 0.25) is 0 Å². The van der Waals surface area contributed by atoms with E-state index in [1.807, 2.05) is 0 Å². The van der Waals surface area contributed by atoms with Crippen LogP contribution in [0.5, 0.6) is 0 Å². The maximum absolute atomic E-state index is 12.3. The molecular formula is C15H18N2O4. The highest BCUT2D eigenvalue weighted by atomic mass is 16.5. The first-order valence-corrected chi connectivity index (χ1v) is 7.23. The van der Waals surface area contributed by atoms with Crippen molar-refractivity contribution in [1.82, 2.24) is 4.68 Å². The monoisotopic (exact) mass is 290 g/mol. The molecule has 6 nitrogen and oxygen atoms in total. The average molecular weight is 290 g/mol. The number of hydrogen-bond donors (Lipinski definition) is 1. The predicted molar refractivity (Wildman–Crippen MR) is 75.3 cm³/mol. The van der Waals surface area contributed by atoms with Gasteiger partial charge in [0.15, 0.2) is 0 Å². The lowest BCUT2D eigenvalue weighted by molar-refractivity contribution is -0.118. The van der Waals surface area contributed by atoms with E-state index in [0.717, 1.165) is 17.5 Å². The lowest BCUT2D eigenvalue weighted by Gasteiger charge is -2.09. The van der Waals surface area contributed by atoms with Gasteiger partial charge in [-0.15, -0.1) is 0 Å². The van der Waals surface area contributed by atoms with Crippen molar-refractivity contribution in [1.29, 1.82) is 0 Å². The standard InChI is InChI=1S/C15H18N2O4/c1-21-15(20)9-6-7-12(18)17(8-9)16-14(19)13-10-4-2-3-5-11(10)13/h6-8,10-11,13H,2-5H2,1H3,(H,16,19). The molecule has 1 heterocycles. The number of aromatic nitrogens is 1. The molecule has 2 aliphatic carbocycles. The molecule has 2 saturated carbocycles. The van der Waals surface area contributed by atoms with Crippen molar-refractivity contribution >= 4 is 11.9 Å². The van der Waals surface area contributed by atoms with Gasteiger partial charge in [-0.05, 0) is 30.7 Å². The summed E-state index contributed by atoms with van der Waals surface area (Å²) in [6, 6.07) is 2.63. The van der Waals surface area contributed by atoms with Crippen LogP contribution in [-0.4, -0.2) is 23.7 Å². The fourth-order valence-electron chi connectivity index (χ4n) is 3.39. The van der Waals surface area contributed by atoms with Crippen molar-refractivity contribution in [3.8, 4) is 0 Å². The number of methoxy groups -OCH3 is 1. The first-order chi connectivity index (χ1) is 10.1. The Morgan fingerprint density at radius 2 is 1.90 bits per heavy atom. The predicted octanol–water partition coefficient (Wildman–Crippen LogP) is 1.14. The van der Waals surface area contributed by atoms with Gasteiger partial charge in [0.25, 0.3) is 5.56 Å². The number of nitrogens with one attached hydrogen (secondary N) is 1. The van der Waals surface area contributed by atoms with Gasteiger partial charge >= 0.3 is 5.97 Å². The van der Waals surface area contributed by atoms with E-state index in [4.69, 9.17) is 0 Å². The van der Waals surface area contributed by atoms with Gasteiger partial charge in [0.1, 0.15) is 0 Å². The van der Waals surface area contributed by atoms with Crippen LogP contribution in [0.1, 0.15) is 36.0 Å². The van der Waals surface area contributed by atoms with Crippen molar-refractivity contribution < 1.29 is 14.3 Å². The molecule has 3 rings (SSSR count). The van der Waals surface area contributed by atoms with Crippen LogP contribution in [0, 0.1) is 17.8 Å². The molecule has 0 aromatic carbocycles. The molecule has 1 N–H and O–H groups in total. The van der Waals surface area contributed by atoms with Crippen LogP contribution >= 0.6 is 0 Å². The summed E-state index contributed by atoms with van der Waals surface area (Å²) in [5.74, 6) is 0.284. The van der Waals surface area contributed by atoms with Gasteiger partial charge in [0.2, 0.25) is 5.91 Å². The summed E-state index contributed by atoms with van der Waals surface area (Å²) in [7, 11) is 1.27. The van der Waals surface area contributed by atoms with E-state index in [-0.39, 0.29) is 22.9 Å². The number of ether oxygens (including phenoxy) is 1. The molecule has 2 fully saturated rings. The highest BCUT2D eigenvalue weighted by Gasteiger charge is 2.54. The average Bonchev–Trinajstić information content (AvgIpc) is 3.23. The molecule has 1 aromatic rings. The first-order valence-electron chi connectivity index (χ1n) is 7.23. The number of carbonyl (C=O) groups is 2. The molecule has 0 spiro atoms. The van der Waals surface area contributed by atoms with Crippen LogP contribution in [0.15, 0.2) is 23.1 Å². The molecular weight excluding hydrogens is 272 g/mol. The Morgan fingerprint density at radius 1 is 1.24 bits per heavy atom. The molecule has 2 unspecified atom stereocenters. The zero-order valence-electron chi connectivity index (χ0n) is 11.9. The number of fused-ring (bicyclic) bond motifs is 1. The molecule has 2 atom stereocenters. The molecule has 21 heavy (non-hydrogen) atoms. The SMILES string of the molecule is COC(=O)c1ccc(=O)n(NC(=O)C2C3CCCCC32)c1. The van der Waals surface area contributed by atoms with Crippen molar-refractivity contribution in [2.24, 2.45) is 17.8 Å². The lowest BCUT2D eigenvalue weighted by atomic mass is 10.0. The second kappa shape index (κ2) is 5.35. The number of pyridine rings is 1. The van der Waals surface area contributed by atoms with E-state index < -0.39 is 5.97 Å². The zero-order chi connectivity index (χ0) is 15.0. The molecule has 1 aromatic heterocycles. The van der Waals surface area contributed by atoms with Crippen molar-refractivity contribution in [3.63, 3.8) is 0 Å². The van der Waals surface area contributed by atoms with Crippen LogP contribution in [0.25, 0.3) is 0 Å². The summed E-state index contributed by atoms with van der Waals surface area (Å²) in [5, 5.41) is 0. The largest absolute Gasteiger partial charge is 0.465 e. The minimum atomic E-state index is -0.543. The first kappa shape index (κ1) is 13.9. The molecule has 0 bridgehead atoms. The third kappa shape index (κ3) is 2.57. The Bertz CT molecular complexity index is 625. The molecule has 112 valence electrons. The highest BCUT2D eigenvalue weighted by Crippen LogP contribution is 2.55. The molecule has 2 aliphatic rings. The number of nitrogens with zero attached hydrogens (tertiary/aromatic N) is 1. The van der Waals surface area contributed by atoms with Gasteiger partial charge in [0.05, 0.1) is 12.7 Å². The Hall–Kier alpha value is -2.11. The van der Waals surface area contributed by atoms with E-state index in [0.29, 0.717) is 11.8 Å². The normalized spacial score (nSPS) is 26.6. The van der Waals surface area contributed by atoms with Crippen LogP contribution in [0.4, 0.5) is 0 Å². The summed E-state index contributed by atoms with van der Waals surface area (Å²) in [4.78, 5) is 35.5. The molecule has 1 amide bonds. The third-order valence-corrected chi connectivity index (χ3v) is 4.52. The number of hydrogen-bond acceptors (Lipinski definition) is 4. The van der Waals surface area contributed by atoms with Gasteiger partial charge < -0.3 is 4.74 Å².